The van der Waals surface area contributed by atoms with Crippen LogP contribution in [0, 0.1) is 15.9 Å². The number of hydrogen-bond donors (Lipinski definition) is 1. The molecule has 1 N–H and O–H groups in total. The molecule has 0 saturated heterocycles. The number of aromatic nitrogens is 2. The minimum Gasteiger partial charge on any atom is -0.370 e. The third-order valence-corrected chi connectivity index (χ3v) is 5.99. The van der Waals surface area contributed by atoms with Crippen LogP contribution in [0.3, 0.4) is 0 Å². The number of fused-ring (bicyclic) bond motifs is 2. The molecular weight excluding hydrogens is 367 g/mol. The summed E-state index contributed by atoms with van der Waals surface area (Å²) in [5.74, 6) is -0.174. The SMILES string of the molecule is O=[N+]([O-])c1cc(F)cc2c(NCCCc3nc4c(s3)CCCC4)nccc12. The summed E-state index contributed by atoms with van der Waals surface area (Å²) in [5, 5.41) is 16.3. The van der Waals surface area contributed by atoms with Crippen molar-refractivity contribution in [3.8, 4) is 0 Å². The molecule has 1 aliphatic rings. The lowest BCUT2D eigenvalue weighted by atomic mass is 10.0. The zero-order valence-corrected chi connectivity index (χ0v) is 15.5. The molecule has 8 heteroatoms. The second-order valence-corrected chi connectivity index (χ2v) is 7.82. The Morgan fingerprint density at radius 3 is 2.93 bits per heavy atom. The van der Waals surface area contributed by atoms with Crippen molar-refractivity contribution in [3.63, 3.8) is 0 Å². The number of nitro groups is 1. The minimum absolute atomic E-state index is 0.246. The number of rotatable bonds is 6. The first-order chi connectivity index (χ1) is 13.1. The van der Waals surface area contributed by atoms with Gasteiger partial charge in [-0.05, 0) is 44.2 Å². The Balaban J connectivity index is 1.44. The number of benzene rings is 1. The topological polar surface area (TPSA) is 81.0 Å². The van der Waals surface area contributed by atoms with Gasteiger partial charge in [0, 0.05) is 29.4 Å². The molecular formula is C19H19FN4O2S. The Morgan fingerprint density at radius 2 is 2.11 bits per heavy atom. The molecule has 6 nitrogen and oxygen atoms in total. The van der Waals surface area contributed by atoms with Gasteiger partial charge in [0.25, 0.3) is 5.69 Å². The van der Waals surface area contributed by atoms with Crippen LogP contribution in [0.5, 0.6) is 0 Å². The quantitative estimate of drug-likeness (QED) is 0.378. The van der Waals surface area contributed by atoms with E-state index < -0.39 is 10.7 Å². The Bertz CT molecular complexity index is 981. The van der Waals surface area contributed by atoms with E-state index in [4.69, 9.17) is 4.98 Å². The summed E-state index contributed by atoms with van der Waals surface area (Å²) in [5.41, 5.74) is 1.02. The van der Waals surface area contributed by atoms with Gasteiger partial charge in [0.1, 0.15) is 11.6 Å². The highest BCUT2D eigenvalue weighted by Gasteiger charge is 2.17. The van der Waals surface area contributed by atoms with Gasteiger partial charge >= 0.3 is 0 Å². The highest BCUT2D eigenvalue weighted by molar-refractivity contribution is 7.11. The number of nitro benzene ring substituents is 1. The normalized spacial score (nSPS) is 13.5. The molecule has 4 rings (SSSR count). The van der Waals surface area contributed by atoms with Crippen molar-refractivity contribution in [3.05, 3.63) is 55.9 Å². The molecule has 0 fully saturated rings. The Hall–Kier alpha value is -2.61. The van der Waals surface area contributed by atoms with Crippen LogP contribution in [0.1, 0.15) is 34.8 Å². The third-order valence-electron chi connectivity index (χ3n) is 4.77. The summed E-state index contributed by atoms with van der Waals surface area (Å²) in [4.78, 5) is 21.0. The van der Waals surface area contributed by atoms with E-state index in [0.717, 1.165) is 36.8 Å². The maximum absolute atomic E-state index is 13.8. The second-order valence-electron chi connectivity index (χ2n) is 6.65. The summed E-state index contributed by atoms with van der Waals surface area (Å²) in [6.45, 7) is 0.640. The molecule has 0 unspecified atom stereocenters. The lowest BCUT2D eigenvalue weighted by molar-refractivity contribution is -0.383. The molecule has 3 aromatic rings. The van der Waals surface area contributed by atoms with Crippen molar-refractivity contribution >= 4 is 33.6 Å². The monoisotopic (exact) mass is 386 g/mol. The molecule has 0 radical (unpaired) electrons. The van der Waals surface area contributed by atoms with Crippen LogP contribution < -0.4 is 5.32 Å². The number of halogens is 1. The van der Waals surface area contributed by atoms with Gasteiger partial charge in [0.2, 0.25) is 0 Å². The molecule has 2 aromatic heterocycles. The average molecular weight is 386 g/mol. The van der Waals surface area contributed by atoms with Crippen molar-refractivity contribution in [2.75, 3.05) is 11.9 Å². The van der Waals surface area contributed by atoms with Crippen LogP contribution in [-0.4, -0.2) is 21.4 Å². The van der Waals surface area contributed by atoms with Crippen LogP contribution in [0.25, 0.3) is 10.8 Å². The van der Waals surface area contributed by atoms with Gasteiger partial charge < -0.3 is 5.32 Å². The first kappa shape index (κ1) is 17.8. The number of aryl methyl sites for hydroxylation is 3. The van der Waals surface area contributed by atoms with Crippen LogP contribution in [0.2, 0.25) is 0 Å². The summed E-state index contributed by atoms with van der Waals surface area (Å²) < 4.78 is 13.8. The number of non-ortho nitro benzene ring substituents is 1. The van der Waals surface area contributed by atoms with Gasteiger partial charge in [-0.2, -0.15) is 0 Å². The van der Waals surface area contributed by atoms with Gasteiger partial charge in [-0.3, -0.25) is 10.1 Å². The van der Waals surface area contributed by atoms with Crippen LogP contribution in [0.15, 0.2) is 24.4 Å². The van der Waals surface area contributed by atoms with Crippen molar-refractivity contribution in [1.82, 2.24) is 9.97 Å². The van der Waals surface area contributed by atoms with Gasteiger partial charge in [0.05, 0.1) is 27.1 Å². The van der Waals surface area contributed by atoms with Gasteiger partial charge in [-0.1, -0.05) is 0 Å². The van der Waals surface area contributed by atoms with Crippen LogP contribution in [0.4, 0.5) is 15.9 Å². The van der Waals surface area contributed by atoms with E-state index in [9.17, 15) is 14.5 Å². The van der Waals surface area contributed by atoms with Crippen LogP contribution >= 0.6 is 11.3 Å². The zero-order chi connectivity index (χ0) is 18.8. The van der Waals surface area contributed by atoms with E-state index in [2.05, 4.69) is 10.3 Å². The third kappa shape index (κ3) is 3.75. The molecule has 1 aromatic carbocycles. The Morgan fingerprint density at radius 1 is 1.26 bits per heavy atom. The van der Waals surface area contributed by atoms with E-state index in [0.29, 0.717) is 23.1 Å². The fraction of sp³-hybridized carbons (Fsp3) is 0.368. The van der Waals surface area contributed by atoms with Crippen molar-refractivity contribution < 1.29 is 9.31 Å². The number of pyridine rings is 1. The number of nitrogens with one attached hydrogen (secondary N) is 1. The smallest absolute Gasteiger partial charge is 0.280 e. The summed E-state index contributed by atoms with van der Waals surface area (Å²) in [6, 6.07) is 3.76. The summed E-state index contributed by atoms with van der Waals surface area (Å²) >= 11 is 1.81. The number of anilines is 1. The van der Waals surface area contributed by atoms with Gasteiger partial charge in [-0.15, -0.1) is 11.3 Å². The van der Waals surface area contributed by atoms with E-state index in [-0.39, 0.29) is 5.69 Å². The largest absolute Gasteiger partial charge is 0.370 e. The van der Waals surface area contributed by atoms with Gasteiger partial charge in [0.15, 0.2) is 0 Å². The van der Waals surface area contributed by atoms with Crippen molar-refractivity contribution in [2.24, 2.45) is 0 Å². The maximum Gasteiger partial charge on any atom is 0.280 e. The number of hydrogen-bond acceptors (Lipinski definition) is 6. The molecule has 2 heterocycles. The molecule has 1 aliphatic carbocycles. The first-order valence-electron chi connectivity index (χ1n) is 9.06. The van der Waals surface area contributed by atoms with Crippen molar-refractivity contribution in [1.29, 1.82) is 0 Å². The molecule has 0 bridgehead atoms. The molecule has 0 atom stereocenters. The molecule has 0 saturated carbocycles. The number of nitrogens with zero attached hydrogens (tertiary/aromatic N) is 3. The first-order valence-corrected chi connectivity index (χ1v) is 9.87. The van der Waals surface area contributed by atoms with E-state index in [1.165, 1.54) is 41.7 Å². The Labute approximate surface area is 159 Å². The van der Waals surface area contributed by atoms with Gasteiger partial charge in [-0.25, -0.2) is 14.4 Å². The average Bonchev–Trinajstić information content (AvgIpc) is 3.07. The fourth-order valence-electron chi connectivity index (χ4n) is 3.48. The van der Waals surface area contributed by atoms with E-state index >= 15 is 0 Å². The number of thiazole rings is 1. The molecule has 140 valence electrons. The predicted molar refractivity (Wildman–Crippen MR) is 104 cm³/mol. The second kappa shape index (κ2) is 7.56. The lowest BCUT2D eigenvalue weighted by Crippen LogP contribution is -2.05. The molecule has 27 heavy (non-hydrogen) atoms. The molecule has 0 aliphatic heterocycles. The lowest BCUT2D eigenvalue weighted by Gasteiger charge is -2.08. The fourth-order valence-corrected chi connectivity index (χ4v) is 4.68. The summed E-state index contributed by atoms with van der Waals surface area (Å²) in [6.07, 6.45) is 7.97. The van der Waals surface area contributed by atoms with E-state index in [1.807, 2.05) is 11.3 Å². The highest BCUT2D eigenvalue weighted by atomic mass is 32.1. The minimum atomic E-state index is -0.640. The van der Waals surface area contributed by atoms with Crippen molar-refractivity contribution in [2.45, 2.75) is 38.5 Å². The zero-order valence-electron chi connectivity index (χ0n) is 14.7. The predicted octanol–water partition coefficient (Wildman–Crippen LogP) is 4.66. The highest BCUT2D eigenvalue weighted by Crippen LogP contribution is 2.31. The maximum atomic E-state index is 13.8. The van der Waals surface area contributed by atoms with E-state index in [1.54, 1.807) is 0 Å². The van der Waals surface area contributed by atoms with Crippen LogP contribution in [-0.2, 0) is 19.3 Å². The molecule has 0 amide bonds. The summed E-state index contributed by atoms with van der Waals surface area (Å²) in [7, 11) is 0. The molecule has 0 spiro atoms. The Kier molecular flexibility index (Phi) is 4.98. The standard InChI is InChI=1S/C19H19FN4O2S/c20-12-10-14-13(16(11-12)24(25)26)7-9-22-19(14)21-8-3-6-18-23-15-4-1-2-5-17(15)27-18/h7,9-11H,1-6,8H2,(H,21,22).